The molecule has 1 heterocycles. The zero-order valence-electron chi connectivity index (χ0n) is 10.8. The van der Waals surface area contributed by atoms with Crippen LogP contribution in [-0.4, -0.2) is 29.8 Å². The van der Waals surface area contributed by atoms with Crippen molar-refractivity contribution < 1.29 is 4.74 Å². The van der Waals surface area contributed by atoms with Crippen LogP contribution in [-0.2, 0) is 11.3 Å². The Kier molecular flexibility index (Phi) is 4.80. The average Bonchev–Trinajstić information content (AvgIpc) is 2.62. The number of aryl methyl sites for hydroxylation is 1. The van der Waals surface area contributed by atoms with E-state index in [4.69, 9.17) is 4.74 Å². The van der Waals surface area contributed by atoms with E-state index in [9.17, 15) is 0 Å². The first-order chi connectivity index (χ1) is 7.53. The lowest BCUT2D eigenvalue weighted by molar-refractivity contribution is 0.190. The third-order valence-corrected chi connectivity index (χ3v) is 2.24. The predicted octanol–water partition coefficient (Wildman–Crippen LogP) is 2.38. The number of hydrogen-bond donors (Lipinski definition) is 1. The van der Waals surface area contributed by atoms with Crippen LogP contribution >= 0.6 is 0 Å². The Balaban J connectivity index is 2.44. The minimum absolute atomic E-state index is 0.267. The molecular weight excluding hydrogens is 202 g/mol. The molecule has 0 unspecified atom stereocenters. The third-order valence-electron chi connectivity index (χ3n) is 2.24. The van der Waals surface area contributed by atoms with Crippen LogP contribution in [0.4, 0.5) is 5.95 Å². The molecular formula is C12H23N3O. The van der Waals surface area contributed by atoms with Gasteiger partial charge in [-0.3, -0.25) is 0 Å². The maximum absolute atomic E-state index is 5.04. The number of imidazole rings is 1. The lowest BCUT2D eigenvalue weighted by Crippen LogP contribution is -2.21. The summed E-state index contributed by atoms with van der Waals surface area (Å²) in [5, 5.41) is 3.37. The molecule has 0 aliphatic heterocycles. The molecule has 0 atom stereocenters. The maximum Gasteiger partial charge on any atom is 0.202 e. The van der Waals surface area contributed by atoms with E-state index in [0.29, 0.717) is 0 Å². The molecule has 4 nitrogen and oxygen atoms in total. The second kappa shape index (κ2) is 5.89. The molecule has 1 rings (SSSR count). The molecule has 0 aromatic carbocycles. The molecule has 4 heteroatoms. The van der Waals surface area contributed by atoms with E-state index >= 15 is 0 Å². The van der Waals surface area contributed by atoms with Crippen LogP contribution in [0, 0.1) is 5.41 Å². The highest BCUT2D eigenvalue weighted by atomic mass is 16.5. The second-order valence-electron chi connectivity index (χ2n) is 5.20. The van der Waals surface area contributed by atoms with Crippen LogP contribution in [0.25, 0.3) is 0 Å². The molecule has 16 heavy (non-hydrogen) atoms. The Labute approximate surface area is 98.0 Å². The number of rotatable bonds is 6. The van der Waals surface area contributed by atoms with Gasteiger partial charge in [-0.25, -0.2) is 4.98 Å². The third kappa shape index (κ3) is 4.66. The molecule has 0 aliphatic rings. The van der Waals surface area contributed by atoms with Crippen LogP contribution in [0.1, 0.15) is 27.2 Å². The minimum Gasteiger partial charge on any atom is -0.385 e. The van der Waals surface area contributed by atoms with Crippen molar-refractivity contribution in [2.45, 2.75) is 33.7 Å². The molecule has 0 aliphatic carbocycles. The van der Waals surface area contributed by atoms with Crippen molar-refractivity contribution in [3.63, 3.8) is 0 Å². The van der Waals surface area contributed by atoms with Gasteiger partial charge in [-0.2, -0.15) is 0 Å². The smallest absolute Gasteiger partial charge is 0.202 e. The van der Waals surface area contributed by atoms with E-state index in [2.05, 4.69) is 35.6 Å². The van der Waals surface area contributed by atoms with E-state index in [0.717, 1.165) is 32.1 Å². The van der Waals surface area contributed by atoms with Crippen LogP contribution in [0.2, 0.25) is 0 Å². The summed E-state index contributed by atoms with van der Waals surface area (Å²) in [4.78, 5) is 4.31. The quantitative estimate of drug-likeness (QED) is 0.755. The molecule has 0 radical (unpaired) electrons. The van der Waals surface area contributed by atoms with Crippen molar-refractivity contribution in [2.24, 2.45) is 5.41 Å². The van der Waals surface area contributed by atoms with Crippen LogP contribution in [0.3, 0.4) is 0 Å². The van der Waals surface area contributed by atoms with Gasteiger partial charge in [0.15, 0.2) is 0 Å². The van der Waals surface area contributed by atoms with Gasteiger partial charge in [0.25, 0.3) is 0 Å². The number of aromatic nitrogens is 2. The molecule has 1 N–H and O–H groups in total. The summed E-state index contributed by atoms with van der Waals surface area (Å²) in [5.41, 5.74) is 0.267. The second-order valence-corrected chi connectivity index (χ2v) is 5.20. The van der Waals surface area contributed by atoms with Gasteiger partial charge in [0, 0.05) is 39.2 Å². The monoisotopic (exact) mass is 225 g/mol. The van der Waals surface area contributed by atoms with E-state index in [1.165, 1.54) is 0 Å². The maximum atomic E-state index is 5.04. The first-order valence-electron chi connectivity index (χ1n) is 5.77. The van der Waals surface area contributed by atoms with E-state index < -0.39 is 0 Å². The first-order valence-corrected chi connectivity index (χ1v) is 5.77. The van der Waals surface area contributed by atoms with Crippen LogP contribution in [0.5, 0.6) is 0 Å². The van der Waals surface area contributed by atoms with E-state index in [1.54, 1.807) is 7.11 Å². The number of anilines is 1. The van der Waals surface area contributed by atoms with E-state index in [-0.39, 0.29) is 5.41 Å². The Bertz CT molecular complexity index is 301. The average molecular weight is 225 g/mol. The lowest BCUT2D eigenvalue weighted by atomic mass is 9.97. The summed E-state index contributed by atoms with van der Waals surface area (Å²) in [6, 6.07) is 0. The summed E-state index contributed by atoms with van der Waals surface area (Å²) < 4.78 is 7.17. The van der Waals surface area contributed by atoms with Crippen molar-refractivity contribution in [3.05, 3.63) is 12.4 Å². The number of nitrogens with one attached hydrogen (secondary N) is 1. The predicted molar refractivity (Wildman–Crippen MR) is 66.7 cm³/mol. The van der Waals surface area contributed by atoms with Gasteiger partial charge in [0.05, 0.1) is 0 Å². The van der Waals surface area contributed by atoms with Gasteiger partial charge in [0.2, 0.25) is 5.95 Å². The summed E-state index contributed by atoms with van der Waals surface area (Å²) >= 11 is 0. The highest BCUT2D eigenvalue weighted by Gasteiger charge is 2.11. The normalized spacial score (nSPS) is 11.8. The van der Waals surface area contributed by atoms with Crippen LogP contribution < -0.4 is 5.32 Å². The van der Waals surface area contributed by atoms with Gasteiger partial charge in [0.1, 0.15) is 0 Å². The van der Waals surface area contributed by atoms with Gasteiger partial charge in [-0.15, -0.1) is 0 Å². The molecule has 92 valence electrons. The van der Waals surface area contributed by atoms with Crippen molar-refractivity contribution in [1.29, 1.82) is 0 Å². The van der Waals surface area contributed by atoms with Gasteiger partial charge in [-0.1, -0.05) is 20.8 Å². The minimum atomic E-state index is 0.267. The fourth-order valence-electron chi connectivity index (χ4n) is 1.38. The molecule has 0 spiro atoms. The zero-order chi connectivity index (χ0) is 12.0. The summed E-state index contributed by atoms with van der Waals surface area (Å²) in [6.07, 6.45) is 4.84. The van der Waals surface area contributed by atoms with Crippen molar-refractivity contribution in [1.82, 2.24) is 9.55 Å². The highest BCUT2D eigenvalue weighted by molar-refractivity contribution is 5.26. The largest absolute Gasteiger partial charge is 0.385 e. The first kappa shape index (κ1) is 13.0. The van der Waals surface area contributed by atoms with Crippen molar-refractivity contribution in [3.8, 4) is 0 Å². The van der Waals surface area contributed by atoms with Crippen LogP contribution in [0.15, 0.2) is 12.4 Å². The molecule has 1 aromatic heterocycles. The SMILES string of the molecule is COCCCn1ccnc1NCC(C)(C)C. The molecule has 0 fully saturated rings. The summed E-state index contributed by atoms with van der Waals surface area (Å²) in [5.74, 6) is 0.950. The molecule has 0 amide bonds. The Morgan fingerprint density at radius 1 is 1.44 bits per heavy atom. The molecule has 0 saturated heterocycles. The molecule has 0 bridgehead atoms. The topological polar surface area (TPSA) is 39.1 Å². The lowest BCUT2D eigenvalue weighted by Gasteiger charge is -2.19. The van der Waals surface area contributed by atoms with Gasteiger partial charge in [-0.05, 0) is 11.8 Å². The highest BCUT2D eigenvalue weighted by Crippen LogP contribution is 2.14. The molecule has 0 saturated carbocycles. The standard InChI is InChI=1S/C12H23N3O/c1-12(2,3)10-14-11-13-6-8-15(11)7-5-9-16-4/h6,8H,5,7,9-10H2,1-4H3,(H,13,14). The number of nitrogens with zero attached hydrogens (tertiary/aromatic N) is 2. The fraction of sp³-hybridized carbons (Fsp3) is 0.750. The zero-order valence-corrected chi connectivity index (χ0v) is 10.8. The fourth-order valence-corrected chi connectivity index (χ4v) is 1.38. The van der Waals surface area contributed by atoms with E-state index in [1.807, 2.05) is 12.4 Å². The summed E-state index contributed by atoms with van der Waals surface area (Å²) in [7, 11) is 1.73. The number of ether oxygens (including phenoxy) is 1. The van der Waals surface area contributed by atoms with Crippen molar-refractivity contribution in [2.75, 3.05) is 25.6 Å². The Morgan fingerprint density at radius 3 is 2.81 bits per heavy atom. The van der Waals surface area contributed by atoms with Gasteiger partial charge >= 0.3 is 0 Å². The van der Waals surface area contributed by atoms with Crippen molar-refractivity contribution >= 4 is 5.95 Å². The molecule has 1 aromatic rings. The number of methoxy groups -OCH3 is 1. The Hall–Kier alpha value is -1.03. The summed E-state index contributed by atoms with van der Waals surface area (Å²) in [6.45, 7) is 9.28. The Morgan fingerprint density at radius 2 is 2.19 bits per heavy atom. The van der Waals surface area contributed by atoms with Gasteiger partial charge < -0.3 is 14.6 Å². The number of hydrogen-bond acceptors (Lipinski definition) is 3.